The molecule has 0 bridgehead atoms. The molecule has 5 heteroatoms. The normalized spacial score (nSPS) is 20.5. The summed E-state index contributed by atoms with van der Waals surface area (Å²) in [6.45, 7) is 5.91. The molecule has 0 unspecified atom stereocenters. The van der Waals surface area contributed by atoms with Gasteiger partial charge in [0.15, 0.2) is 5.60 Å². The summed E-state index contributed by atoms with van der Waals surface area (Å²) in [6.07, 6.45) is 2.22. The van der Waals surface area contributed by atoms with Crippen LogP contribution in [0.1, 0.15) is 5.56 Å². The van der Waals surface area contributed by atoms with E-state index in [4.69, 9.17) is 4.74 Å². The second-order valence-electron chi connectivity index (χ2n) is 5.86. The van der Waals surface area contributed by atoms with Crippen LogP contribution in [0.25, 0.3) is 11.1 Å². The van der Waals surface area contributed by atoms with Crippen molar-refractivity contribution in [2.45, 2.75) is 12.0 Å². The lowest BCUT2D eigenvalue weighted by Gasteiger charge is -2.36. The van der Waals surface area contributed by atoms with E-state index in [0.717, 1.165) is 17.7 Å². The van der Waals surface area contributed by atoms with E-state index in [1.54, 1.807) is 17.4 Å². The van der Waals surface area contributed by atoms with E-state index >= 15 is 0 Å². The number of thiophene rings is 1. The Morgan fingerprint density at radius 1 is 1.42 bits per heavy atom. The molecule has 126 valence electrons. The lowest BCUT2D eigenvalue weighted by atomic mass is 9.88. The van der Waals surface area contributed by atoms with Gasteiger partial charge < -0.3 is 15.4 Å². The molecule has 0 saturated carbocycles. The summed E-state index contributed by atoms with van der Waals surface area (Å²) in [5, 5.41) is 10.4. The van der Waals surface area contributed by atoms with Crippen LogP contribution in [0.3, 0.4) is 0 Å². The van der Waals surface area contributed by atoms with Crippen molar-refractivity contribution in [1.82, 2.24) is 10.6 Å². The number of hydrogen-bond donors (Lipinski definition) is 2. The van der Waals surface area contributed by atoms with E-state index in [0.29, 0.717) is 26.1 Å². The maximum atomic E-state index is 12.8. The van der Waals surface area contributed by atoms with E-state index in [2.05, 4.69) is 46.2 Å². The lowest BCUT2D eigenvalue weighted by Crippen LogP contribution is -2.60. The summed E-state index contributed by atoms with van der Waals surface area (Å²) in [4.78, 5) is 12.8. The summed E-state index contributed by atoms with van der Waals surface area (Å²) in [6, 6.07) is 10.3. The van der Waals surface area contributed by atoms with Gasteiger partial charge in [0, 0.05) is 26.1 Å². The van der Waals surface area contributed by atoms with Crippen LogP contribution in [0.4, 0.5) is 0 Å². The Labute approximate surface area is 146 Å². The number of morpholine rings is 1. The summed E-state index contributed by atoms with van der Waals surface area (Å²) in [5.74, 6) is -0.0882. The van der Waals surface area contributed by atoms with E-state index in [1.807, 2.05) is 12.1 Å². The minimum atomic E-state index is -0.882. The van der Waals surface area contributed by atoms with Gasteiger partial charge in [0.1, 0.15) is 0 Å². The SMILES string of the molecule is C=CCNC(=O)[C@]1(Cc2ccccc2-c2ccsc2)CNCCO1. The fraction of sp³-hybridized carbons (Fsp3) is 0.316. The quantitative estimate of drug-likeness (QED) is 0.794. The van der Waals surface area contributed by atoms with Crippen LogP contribution >= 0.6 is 11.3 Å². The van der Waals surface area contributed by atoms with Gasteiger partial charge in [0.25, 0.3) is 5.91 Å². The van der Waals surface area contributed by atoms with Crippen LogP contribution in [-0.2, 0) is 16.0 Å². The van der Waals surface area contributed by atoms with Crippen LogP contribution in [0.5, 0.6) is 0 Å². The Hall–Kier alpha value is -1.95. The van der Waals surface area contributed by atoms with Crippen molar-refractivity contribution in [2.75, 3.05) is 26.2 Å². The number of carbonyl (C=O) groups excluding carboxylic acids is 1. The third-order valence-corrected chi connectivity index (χ3v) is 4.90. The molecule has 1 fully saturated rings. The summed E-state index contributed by atoms with van der Waals surface area (Å²) in [7, 11) is 0. The Morgan fingerprint density at radius 3 is 3.00 bits per heavy atom. The highest BCUT2D eigenvalue weighted by Gasteiger charge is 2.41. The zero-order valence-electron chi connectivity index (χ0n) is 13.6. The molecular weight excluding hydrogens is 320 g/mol. The summed E-state index contributed by atoms with van der Waals surface area (Å²) >= 11 is 1.67. The van der Waals surface area contributed by atoms with Crippen LogP contribution in [0.15, 0.2) is 53.7 Å². The van der Waals surface area contributed by atoms with E-state index in [-0.39, 0.29) is 5.91 Å². The third-order valence-electron chi connectivity index (χ3n) is 4.21. The zero-order valence-corrected chi connectivity index (χ0v) is 14.4. The number of amides is 1. The second-order valence-corrected chi connectivity index (χ2v) is 6.64. The minimum Gasteiger partial charge on any atom is -0.362 e. The van der Waals surface area contributed by atoms with Gasteiger partial charge in [-0.25, -0.2) is 0 Å². The van der Waals surface area contributed by atoms with Gasteiger partial charge in [-0.15, -0.1) is 6.58 Å². The minimum absolute atomic E-state index is 0.0882. The Morgan fingerprint density at radius 2 is 2.29 bits per heavy atom. The molecule has 0 aliphatic carbocycles. The zero-order chi connectivity index (χ0) is 16.8. The highest BCUT2D eigenvalue weighted by atomic mass is 32.1. The third kappa shape index (κ3) is 3.59. The molecule has 1 saturated heterocycles. The van der Waals surface area contributed by atoms with Crippen molar-refractivity contribution in [1.29, 1.82) is 0 Å². The van der Waals surface area contributed by atoms with Crippen LogP contribution in [0.2, 0.25) is 0 Å². The molecule has 0 radical (unpaired) electrons. The maximum absolute atomic E-state index is 12.8. The number of nitrogens with one attached hydrogen (secondary N) is 2. The molecule has 2 N–H and O–H groups in total. The molecule has 24 heavy (non-hydrogen) atoms. The molecule has 0 spiro atoms. The molecule has 4 nitrogen and oxygen atoms in total. The summed E-state index contributed by atoms with van der Waals surface area (Å²) in [5.41, 5.74) is 2.58. The van der Waals surface area contributed by atoms with Crippen LogP contribution in [-0.4, -0.2) is 37.7 Å². The molecule has 1 aromatic carbocycles. The van der Waals surface area contributed by atoms with Crippen molar-refractivity contribution in [3.05, 3.63) is 59.3 Å². The van der Waals surface area contributed by atoms with E-state index < -0.39 is 5.60 Å². The van der Waals surface area contributed by atoms with Gasteiger partial charge in [-0.05, 0) is 33.5 Å². The number of benzene rings is 1. The average molecular weight is 342 g/mol. The molecule has 1 aromatic heterocycles. The van der Waals surface area contributed by atoms with Crippen molar-refractivity contribution in [3.63, 3.8) is 0 Å². The van der Waals surface area contributed by atoms with Crippen LogP contribution in [0, 0.1) is 0 Å². The monoisotopic (exact) mass is 342 g/mol. The van der Waals surface area contributed by atoms with Gasteiger partial charge >= 0.3 is 0 Å². The standard InChI is InChI=1S/C19H22N2O2S/c1-2-8-21-18(22)19(14-20-9-10-23-19)12-15-5-3-4-6-17(15)16-7-11-24-13-16/h2-7,11,13,20H,1,8-10,12,14H2,(H,21,22)/t19-/m0/s1. The van der Waals surface area contributed by atoms with E-state index in [9.17, 15) is 4.79 Å². The molecular formula is C19H22N2O2S. The van der Waals surface area contributed by atoms with Crippen molar-refractivity contribution in [3.8, 4) is 11.1 Å². The number of ether oxygens (including phenoxy) is 1. The number of carbonyl (C=O) groups is 1. The first-order valence-electron chi connectivity index (χ1n) is 8.09. The highest BCUT2D eigenvalue weighted by molar-refractivity contribution is 7.08. The smallest absolute Gasteiger partial charge is 0.254 e. The van der Waals surface area contributed by atoms with Gasteiger partial charge in [0.2, 0.25) is 0 Å². The number of rotatable bonds is 6. The van der Waals surface area contributed by atoms with Gasteiger partial charge in [-0.2, -0.15) is 11.3 Å². The predicted molar refractivity (Wildman–Crippen MR) is 98.2 cm³/mol. The predicted octanol–water partition coefficient (Wildman–Crippen LogP) is 2.62. The lowest BCUT2D eigenvalue weighted by molar-refractivity contribution is -0.150. The Bertz CT molecular complexity index is 691. The van der Waals surface area contributed by atoms with Gasteiger partial charge in [0.05, 0.1) is 6.61 Å². The number of hydrogen-bond acceptors (Lipinski definition) is 4. The molecule has 3 rings (SSSR count). The van der Waals surface area contributed by atoms with Gasteiger partial charge in [-0.3, -0.25) is 4.79 Å². The molecule has 1 atom stereocenters. The van der Waals surface area contributed by atoms with Crippen molar-refractivity contribution >= 4 is 17.2 Å². The van der Waals surface area contributed by atoms with E-state index in [1.165, 1.54) is 5.56 Å². The van der Waals surface area contributed by atoms with Gasteiger partial charge in [-0.1, -0.05) is 30.3 Å². The highest BCUT2D eigenvalue weighted by Crippen LogP contribution is 2.30. The maximum Gasteiger partial charge on any atom is 0.254 e. The summed E-state index contributed by atoms with van der Waals surface area (Å²) < 4.78 is 5.99. The molecule has 2 aromatic rings. The Balaban J connectivity index is 1.91. The Kier molecular flexibility index (Phi) is 5.45. The first kappa shape index (κ1) is 16.9. The topological polar surface area (TPSA) is 50.4 Å². The average Bonchev–Trinajstić information content (AvgIpc) is 3.15. The second kappa shape index (κ2) is 7.75. The molecule has 2 heterocycles. The van der Waals surface area contributed by atoms with Crippen molar-refractivity contribution in [2.24, 2.45) is 0 Å². The first-order chi connectivity index (χ1) is 11.7. The molecule has 1 amide bonds. The van der Waals surface area contributed by atoms with Crippen molar-refractivity contribution < 1.29 is 9.53 Å². The van der Waals surface area contributed by atoms with Crippen LogP contribution < -0.4 is 10.6 Å². The molecule has 1 aliphatic heterocycles. The molecule has 1 aliphatic rings. The fourth-order valence-corrected chi connectivity index (χ4v) is 3.66. The largest absolute Gasteiger partial charge is 0.362 e. The first-order valence-corrected chi connectivity index (χ1v) is 9.04. The fourth-order valence-electron chi connectivity index (χ4n) is 3.01.